The van der Waals surface area contributed by atoms with Gasteiger partial charge in [0.25, 0.3) is 0 Å². The van der Waals surface area contributed by atoms with Gasteiger partial charge in [-0.05, 0) is 61.3 Å². The normalized spacial score (nSPS) is 19.6. The van der Waals surface area contributed by atoms with Gasteiger partial charge in [-0.1, -0.05) is 18.6 Å². The van der Waals surface area contributed by atoms with E-state index < -0.39 is 0 Å². The van der Waals surface area contributed by atoms with Crippen LogP contribution in [0.15, 0.2) is 48.5 Å². The van der Waals surface area contributed by atoms with Gasteiger partial charge >= 0.3 is 5.97 Å². The molecule has 0 amide bonds. The standard InChI is InChI=1S/C25H33N5O2/c1-32-24(31)18-30-13-3-2-4-23(30)19-5-9-21(10-6-19)28-14-16-29(17-15-28)22-11-7-20(8-12-22)25(26)27/h5-12,23H,2-4,13-18H2,1H3,(H3,26,27). The summed E-state index contributed by atoms with van der Waals surface area (Å²) >= 11 is 0. The topological polar surface area (TPSA) is 85.9 Å². The quantitative estimate of drug-likeness (QED) is 0.412. The van der Waals surface area contributed by atoms with Crippen LogP contribution in [-0.4, -0.2) is 63.1 Å². The molecule has 1 atom stereocenters. The molecule has 2 aromatic carbocycles. The second-order valence-corrected chi connectivity index (χ2v) is 8.58. The van der Waals surface area contributed by atoms with Crippen LogP contribution >= 0.6 is 0 Å². The molecule has 3 N–H and O–H groups in total. The zero-order valence-corrected chi connectivity index (χ0v) is 18.8. The van der Waals surface area contributed by atoms with E-state index in [-0.39, 0.29) is 17.8 Å². The number of piperidine rings is 1. The van der Waals surface area contributed by atoms with Crippen LogP contribution < -0.4 is 15.5 Å². The number of carbonyl (C=O) groups is 1. The molecule has 2 aliphatic heterocycles. The fourth-order valence-corrected chi connectivity index (χ4v) is 4.77. The number of nitrogen functional groups attached to an aromatic ring is 1. The number of hydrogen-bond acceptors (Lipinski definition) is 6. The summed E-state index contributed by atoms with van der Waals surface area (Å²) in [5, 5.41) is 7.54. The number of amidine groups is 1. The molecular formula is C25H33N5O2. The first-order valence-electron chi connectivity index (χ1n) is 11.4. The molecule has 2 saturated heterocycles. The van der Waals surface area contributed by atoms with E-state index in [9.17, 15) is 4.79 Å². The minimum absolute atomic E-state index is 0.103. The van der Waals surface area contributed by atoms with Gasteiger partial charge in [-0.15, -0.1) is 0 Å². The molecule has 7 nitrogen and oxygen atoms in total. The first-order chi connectivity index (χ1) is 15.5. The minimum atomic E-state index is -0.165. The van der Waals surface area contributed by atoms with Crippen molar-refractivity contribution in [1.29, 1.82) is 5.41 Å². The number of hydrogen-bond donors (Lipinski definition) is 2. The highest BCUT2D eigenvalue weighted by molar-refractivity contribution is 5.95. The molecule has 2 heterocycles. The van der Waals surface area contributed by atoms with Gasteiger partial charge in [-0.25, -0.2) is 0 Å². The Balaban J connectivity index is 1.36. The number of ether oxygens (including phenoxy) is 1. The maximum Gasteiger partial charge on any atom is 0.319 e. The second kappa shape index (κ2) is 10.0. The number of carbonyl (C=O) groups excluding carboxylic acids is 1. The van der Waals surface area contributed by atoms with Crippen molar-refractivity contribution < 1.29 is 9.53 Å². The minimum Gasteiger partial charge on any atom is -0.468 e. The van der Waals surface area contributed by atoms with Gasteiger partial charge < -0.3 is 20.3 Å². The Morgan fingerprint density at radius 1 is 0.938 bits per heavy atom. The van der Waals surface area contributed by atoms with Crippen molar-refractivity contribution in [3.05, 3.63) is 59.7 Å². The maximum atomic E-state index is 11.8. The van der Waals surface area contributed by atoms with Gasteiger partial charge in [-0.2, -0.15) is 0 Å². The Bertz CT molecular complexity index is 920. The van der Waals surface area contributed by atoms with E-state index in [0.717, 1.165) is 51.1 Å². The van der Waals surface area contributed by atoms with Crippen molar-refractivity contribution in [2.75, 3.05) is 56.2 Å². The largest absolute Gasteiger partial charge is 0.468 e. The first-order valence-corrected chi connectivity index (χ1v) is 11.4. The lowest BCUT2D eigenvalue weighted by atomic mass is 9.95. The third-order valence-electron chi connectivity index (χ3n) is 6.64. The molecule has 0 radical (unpaired) electrons. The van der Waals surface area contributed by atoms with Crippen molar-refractivity contribution in [3.8, 4) is 0 Å². The van der Waals surface area contributed by atoms with E-state index in [0.29, 0.717) is 6.54 Å². The molecule has 0 bridgehead atoms. The molecule has 1 unspecified atom stereocenters. The average molecular weight is 436 g/mol. The third-order valence-corrected chi connectivity index (χ3v) is 6.64. The fraction of sp³-hybridized carbons (Fsp3) is 0.440. The molecule has 0 aliphatic carbocycles. The summed E-state index contributed by atoms with van der Waals surface area (Å²) in [4.78, 5) is 18.9. The smallest absolute Gasteiger partial charge is 0.319 e. The van der Waals surface area contributed by atoms with Crippen molar-refractivity contribution in [1.82, 2.24) is 4.90 Å². The predicted molar refractivity (Wildman–Crippen MR) is 129 cm³/mol. The third kappa shape index (κ3) is 5.05. The van der Waals surface area contributed by atoms with Crippen LogP contribution in [0.2, 0.25) is 0 Å². The molecular weight excluding hydrogens is 402 g/mol. The predicted octanol–water partition coefficient (Wildman–Crippen LogP) is 3.00. The molecule has 2 aromatic rings. The Kier molecular flexibility index (Phi) is 6.95. The number of nitrogens with one attached hydrogen (secondary N) is 1. The van der Waals surface area contributed by atoms with Gasteiger partial charge in [0.05, 0.1) is 13.7 Å². The maximum absolute atomic E-state index is 11.8. The lowest BCUT2D eigenvalue weighted by Gasteiger charge is -2.38. The summed E-state index contributed by atoms with van der Waals surface area (Å²) in [7, 11) is 1.46. The summed E-state index contributed by atoms with van der Waals surface area (Å²) in [5.74, 6) is -0.0613. The summed E-state index contributed by atoms with van der Waals surface area (Å²) in [6.45, 7) is 5.14. The van der Waals surface area contributed by atoms with Gasteiger partial charge in [0, 0.05) is 49.2 Å². The Hall–Kier alpha value is -3.06. The number of methoxy groups -OCH3 is 1. The Morgan fingerprint density at radius 2 is 1.50 bits per heavy atom. The highest BCUT2D eigenvalue weighted by atomic mass is 16.5. The van der Waals surface area contributed by atoms with Crippen LogP contribution in [0.4, 0.5) is 11.4 Å². The Labute approximate surface area is 190 Å². The highest BCUT2D eigenvalue weighted by Crippen LogP contribution is 2.32. The van der Waals surface area contributed by atoms with E-state index in [1.165, 1.54) is 30.5 Å². The van der Waals surface area contributed by atoms with Crippen molar-refractivity contribution in [3.63, 3.8) is 0 Å². The van der Waals surface area contributed by atoms with Gasteiger partial charge in [-0.3, -0.25) is 15.1 Å². The number of piperazine rings is 1. The number of esters is 1. The van der Waals surface area contributed by atoms with Gasteiger partial charge in [0.15, 0.2) is 0 Å². The van der Waals surface area contributed by atoms with Crippen LogP contribution in [0.25, 0.3) is 0 Å². The number of rotatable bonds is 6. The summed E-state index contributed by atoms with van der Waals surface area (Å²) < 4.78 is 4.89. The van der Waals surface area contributed by atoms with Crippen molar-refractivity contribution >= 4 is 23.2 Å². The lowest BCUT2D eigenvalue weighted by Crippen LogP contribution is -2.46. The first kappa shape index (κ1) is 22.1. The van der Waals surface area contributed by atoms with E-state index in [4.69, 9.17) is 15.9 Å². The monoisotopic (exact) mass is 435 g/mol. The SMILES string of the molecule is COC(=O)CN1CCCCC1c1ccc(N2CCN(c3ccc(C(=N)N)cc3)CC2)cc1. The number of nitrogens with two attached hydrogens (primary N) is 1. The fourth-order valence-electron chi connectivity index (χ4n) is 4.77. The van der Waals surface area contributed by atoms with Crippen LogP contribution in [0.5, 0.6) is 0 Å². The molecule has 0 spiro atoms. The van der Waals surface area contributed by atoms with E-state index in [2.05, 4.69) is 39.0 Å². The average Bonchev–Trinajstić information content (AvgIpc) is 2.84. The van der Waals surface area contributed by atoms with E-state index in [1.807, 2.05) is 24.3 Å². The van der Waals surface area contributed by atoms with E-state index >= 15 is 0 Å². The molecule has 0 saturated carbocycles. The number of anilines is 2. The summed E-state index contributed by atoms with van der Waals surface area (Å²) in [5.41, 5.74) is 10.0. The van der Waals surface area contributed by atoms with Crippen LogP contribution in [0, 0.1) is 5.41 Å². The zero-order valence-electron chi connectivity index (χ0n) is 18.8. The molecule has 2 fully saturated rings. The zero-order chi connectivity index (χ0) is 22.5. The molecule has 0 aromatic heterocycles. The molecule has 4 rings (SSSR count). The molecule has 170 valence electrons. The molecule has 32 heavy (non-hydrogen) atoms. The van der Waals surface area contributed by atoms with E-state index in [1.54, 1.807) is 0 Å². The van der Waals surface area contributed by atoms with Crippen molar-refractivity contribution in [2.24, 2.45) is 5.73 Å². The Morgan fingerprint density at radius 3 is 2.03 bits per heavy atom. The molecule has 7 heteroatoms. The van der Waals surface area contributed by atoms with Crippen LogP contribution in [-0.2, 0) is 9.53 Å². The summed E-state index contributed by atoms with van der Waals surface area (Å²) in [6.07, 6.45) is 3.41. The highest BCUT2D eigenvalue weighted by Gasteiger charge is 2.26. The lowest BCUT2D eigenvalue weighted by molar-refractivity contribution is -0.143. The number of likely N-dealkylation sites (tertiary alicyclic amines) is 1. The van der Waals surface area contributed by atoms with Crippen molar-refractivity contribution in [2.45, 2.75) is 25.3 Å². The van der Waals surface area contributed by atoms with Gasteiger partial charge in [0.1, 0.15) is 5.84 Å². The van der Waals surface area contributed by atoms with Crippen LogP contribution in [0.3, 0.4) is 0 Å². The molecule has 2 aliphatic rings. The van der Waals surface area contributed by atoms with Gasteiger partial charge in [0.2, 0.25) is 0 Å². The van der Waals surface area contributed by atoms with Crippen LogP contribution in [0.1, 0.15) is 36.4 Å². The summed E-state index contributed by atoms with van der Waals surface area (Å²) in [6, 6.07) is 17.1. The number of nitrogens with zero attached hydrogens (tertiary/aromatic N) is 3. The number of benzene rings is 2. The second-order valence-electron chi connectivity index (χ2n) is 8.58.